The van der Waals surface area contributed by atoms with Crippen molar-refractivity contribution >= 4 is 21.6 Å². The van der Waals surface area contributed by atoms with E-state index in [2.05, 4.69) is 41.9 Å². The highest BCUT2D eigenvalue weighted by Crippen LogP contribution is 2.24. The molecule has 2 nitrogen and oxygen atoms in total. The molecule has 0 aliphatic heterocycles. The molecule has 0 amide bonds. The van der Waals surface area contributed by atoms with Crippen molar-refractivity contribution in [3.05, 3.63) is 57.6 Å². The van der Waals surface area contributed by atoms with Crippen LogP contribution >= 0.6 is 15.9 Å². The summed E-state index contributed by atoms with van der Waals surface area (Å²) in [6, 6.07) is 12.0. The van der Waals surface area contributed by atoms with Gasteiger partial charge in [0, 0.05) is 10.2 Å². The summed E-state index contributed by atoms with van der Waals surface area (Å²) in [4.78, 5) is 0. The van der Waals surface area contributed by atoms with Crippen molar-refractivity contribution in [2.45, 2.75) is 20.5 Å². The first-order chi connectivity index (χ1) is 8.56. The van der Waals surface area contributed by atoms with E-state index in [0.717, 1.165) is 32.6 Å². The second kappa shape index (κ2) is 5.44. The lowest BCUT2D eigenvalue weighted by Gasteiger charge is -2.12. The van der Waals surface area contributed by atoms with Gasteiger partial charge in [0.25, 0.3) is 0 Å². The number of anilines is 1. The third-order valence-electron chi connectivity index (χ3n) is 2.77. The minimum atomic E-state index is 0.523. The Bertz CT molecular complexity index is 526. The predicted molar refractivity (Wildman–Crippen MR) is 78.8 cm³/mol. The zero-order valence-electron chi connectivity index (χ0n) is 10.5. The van der Waals surface area contributed by atoms with Crippen LogP contribution in [0.5, 0.6) is 5.75 Å². The molecule has 0 aromatic heterocycles. The number of halogens is 1. The van der Waals surface area contributed by atoms with Gasteiger partial charge in [-0.15, -0.1) is 0 Å². The molecule has 0 atom stereocenters. The van der Waals surface area contributed by atoms with Gasteiger partial charge in [-0.1, -0.05) is 34.1 Å². The molecule has 0 radical (unpaired) electrons. The summed E-state index contributed by atoms with van der Waals surface area (Å²) in [7, 11) is 0. The number of hydrogen-bond acceptors (Lipinski definition) is 2. The lowest BCUT2D eigenvalue weighted by atomic mass is 10.1. The fourth-order valence-corrected chi connectivity index (χ4v) is 2.50. The summed E-state index contributed by atoms with van der Waals surface area (Å²) in [5.41, 5.74) is 9.90. The quantitative estimate of drug-likeness (QED) is 0.861. The molecule has 0 aliphatic carbocycles. The summed E-state index contributed by atoms with van der Waals surface area (Å²) >= 11 is 3.43. The summed E-state index contributed by atoms with van der Waals surface area (Å²) in [6.45, 7) is 4.63. The third kappa shape index (κ3) is 3.05. The van der Waals surface area contributed by atoms with Crippen molar-refractivity contribution in [2.24, 2.45) is 0 Å². The largest absolute Gasteiger partial charge is 0.488 e. The molecule has 0 fully saturated rings. The van der Waals surface area contributed by atoms with E-state index in [-0.39, 0.29) is 0 Å². The summed E-state index contributed by atoms with van der Waals surface area (Å²) in [5, 5.41) is 0. The van der Waals surface area contributed by atoms with Crippen LogP contribution in [0.4, 0.5) is 5.69 Å². The van der Waals surface area contributed by atoms with E-state index in [0.29, 0.717) is 6.61 Å². The Balaban J connectivity index is 2.16. The van der Waals surface area contributed by atoms with Gasteiger partial charge in [-0.05, 0) is 48.7 Å². The zero-order chi connectivity index (χ0) is 13.1. The Morgan fingerprint density at radius 2 is 1.78 bits per heavy atom. The molecule has 2 N–H and O–H groups in total. The summed E-state index contributed by atoms with van der Waals surface area (Å²) in [5.74, 6) is 0.955. The molecule has 2 rings (SSSR count). The van der Waals surface area contributed by atoms with Crippen LogP contribution in [0.1, 0.15) is 16.7 Å². The number of nitrogens with two attached hydrogens (primary N) is 1. The molecule has 0 aliphatic rings. The molecular formula is C15H16BrNO. The number of aryl methyl sites for hydroxylation is 2. The molecular weight excluding hydrogens is 290 g/mol. The smallest absolute Gasteiger partial charge is 0.125 e. The molecule has 0 heterocycles. The molecule has 2 aromatic rings. The van der Waals surface area contributed by atoms with Gasteiger partial charge >= 0.3 is 0 Å². The monoisotopic (exact) mass is 305 g/mol. The molecule has 0 saturated heterocycles. The standard InChI is InChI=1S/C15H16BrNO/c1-10-4-3-5-11(2)15(10)18-9-12-6-13(16)8-14(17)7-12/h3-8H,9,17H2,1-2H3. The Labute approximate surface area is 116 Å². The number of hydrogen-bond donors (Lipinski definition) is 1. The van der Waals surface area contributed by atoms with Gasteiger partial charge in [-0.3, -0.25) is 0 Å². The Morgan fingerprint density at radius 3 is 2.39 bits per heavy atom. The number of nitrogen functional groups attached to an aromatic ring is 1. The van der Waals surface area contributed by atoms with E-state index in [1.807, 2.05) is 24.3 Å². The second-order valence-corrected chi connectivity index (χ2v) is 5.32. The average molecular weight is 306 g/mol. The molecule has 94 valence electrons. The molecule has 18 heavy (non-hydrogen) atoms. The van der Waals surface area contributed by atoms with Crippen molar-refractivity contribution in [1.82, 2.24) is 0 Å². The van der Waals surface area contributed by atoms with Gasteiger partial charge in [-0.2, -0.15) is 0 Å². The van der Waals surface area contributed by atoms with Gasteiger partial charge in [-0.25, -0.2) is 0 Å². The summed E-state index contributed by atoms with van der Waals surface area (Å²) in [6.07, 6.45) is 0. The molecule has 0 saturated carbocycles. The zero-order valence-corrected chi connectivity index (χ0v) is 12.1. The molecule has 0 unspecified atom stereocenters. The van der Waals surface area contributed by atoms with Crippen LogP contribution < -0.4 is 10.5 Å². The van der Waals surface area contributed by atoms with E-state index in [9.17, 15) is 0 Å². The third-order valence-corrected chi connectivity index (χ3v) is 3.23. The number of rotatable bonds is 3. The van der Waals surface area contributed by atoms with Crippen molar-refractivity contribution in [3.8, 4) is 5.75 Å². The fourth-order valence-electron chi connectivity index (χ4n) is 1.94. The lowest BCUT2D eigenvalue weighted by Crippen LogP contribution is -1.99. The predicted octanol–water partition coefficient (Wildman–Crippen LogP) is 4.23. The maximum absolute atomic E-state index is 5.89. The molecule has 2 aromatic carbocycles. The maximum Gasteiger partial charge on any atom is 0.125 e. The van der Waals surface area contributed by atoms with Gasteiger partial charge in [0.05, 0.1) is 0 Å². The van der Waals surface area contributed by atoms with E-state index < -0.39 is 0 Å². The van der Waals surface area contributed by atoms with Crippen molar-refractivity contribution in [1.29, 1.82) is 0 Å². The topological polar surface area (TPSA) is 35.2 Å². The van der Waals surface area contributed by atoms with E-state index in [1.54, 1.807) is 0 Å². The van der Waals surface area contributed by atoms with E-state index in [1.165, 1.54) is 0 Å². The first-order valence-corrected chi connectivity index (χ1v) is 6.59. The van der Waals surface area contributed by atoms with Gasteiger partial charge in [0.15, 0.2) is 0 Å². The van der Waals surface area contributed by atoms with Gasteiger partial charge < -0.3 is 10.5 Å². The Hall–Kier alpha value is -1.48. The highest BCUT2D eigenvalue weighted by atomic mass is 79.9. The summed E-state index contributed by atoms with van der Waals surface area (Å²) < 4.78 is 6.86. The lowest BCUT2D eigenvalue weighted by molar-refractivity contribution is 0.302. The highest BCUT2D eigenvalue weighted by Gasteiger charge is 2.04. The van der Waals surface area contributed by atoms with Gasteiger partial charge in [0.2, 0.25) is 0 Å². The second-order valence-electron chi connectivity index (χ2n) is 4.40. The minimum Gasteiger partial charge on any atom is -0.488 e. The van der Waals surface area contributed by atoms with Crippen LogP contribution in [0.25, 0.3) is 0 Å². The number of para-hydroxylation sites is 1. The van der Waals surface area contributed by atoms with Crippen LogP contribution in [-0.2, 0) is 6.61 Å². The van der Waals surface area contributed by atoms with Gasteiger partial charge in [0.1, 0.15) is 12.4 Å². The fraction of sp³-hybridized carbons (Fsp3) is 0.200. The van der Waals surface area contributed by atoms with Crippen LogP contribution in [0.2, 0.25) is 0 Å². The van der Waals surface area contributed by atoms with Crippen LogP contribution in [0.15, 0.2) is 40.9 Å². The highest BCUT2D eigenvalue weighted by molar-refractivity contribution is 9.10. The normalized spacial score (nSPS) is 10.4. The number of benzene rings is 2. The molecule has 0 bridgehead atoms. The Kier molecular flexibility index (Phi) is 3.92. The first-order valence-electron chi connectivity index (χ1n) is 5.80. The SMILES string of the molecule is Cc1cccc(C)c1OCc1cc(N)cc(Br)c1. The minimum absolute atomic E-state index is 0.523. The Morgan fingerprint density at radius 1 is 1.11 bits per heavy atom. The molecule has 0 spiro atoms. The van der Waals surface area contributed by atoms with Crippen molar-refractivity contribution in [3.63, 3.8) is 0 Å². The maximum atomic E-state index is 5.89. The van der Waals surface area contributed by atoms with Crippen LogP contribution in [-0.4, -0.2) is 0 Å². The first kappa shape index (κ1) is 13.0. The van der Waals surface area contributed by atoms with Crippen molar-refractivity contribution in [2.75, 3.05) is 5.73 Å². The van der Waals surface area contributed by atoms with Crippen LogP contribution in [0, 0.1) is 13.8 Å². The number of ether oxygens (including phenoxy) is 1. The average Bonchev–Trinajstić information content (AvgIpc) is 2.27. The van der Waals surface area contributed by atoms with Crippen LogP contribution in [0.3, 0.4) is 0 Å². The molecule has 3 heteroatoms. The van der Waals surface area contributed by atoms with Crippen molar-refractivity contribution < 1.29 is 4.74 Å². The van der Waals surface area contributed by atoms with E-state index >= 15 is 0 Å². The van der Waals surface area contributed by atoms with E-state index in [4.69, 9.17) is 10.5 Å².